The molecule has 3 aliphatic rings. The molecule has 1 amide bonds. The van der Waals surface area contributed by atoms with Gasteiger partial charge in [-0.1, -0.05) is 6.92 Å². The van der Waals surface area contributed by atoms with Gasteiger partial charge in [-0.2, -0.15) is 0 Å². The number of anilines is 2. The molecule has 3 heterocycles. The number of nitrogens with zero attached hydrogens (tertiary/aromatic N) is 3. The highest BCUT2D eigenvalue weighted by Crippen LogP contribution is 2.54. The van der Waals surface area contributed by atoms with Gasteiger partial charge < -0.3 is 20.1 Å². The predicted octanol–water partition coefficient (Wildman–Crippen LogP) is 3.46. The molecule has 2 aromatic rings. The average Bonchev–Trinajstić information content (AvgIpc) is 3.55. The van der Waals surface area contributed by atoms with Crippen LogP contribution in [0.2, 0.25) is 0 Å². The second kappa shape index (κ2) is 9.03. The summed E-state index contributed by atoms with van der Waals surface area (Å²) in [6.07, 6.45) is 4.58. The van der Waals surface area contributed by atoms with E-state index in [2.05, 4.69) is 20.2 Å². The van der Waals surface area contributed by atoms with E-state index in [0.29, 0.717) is 35.6 Å². The molecule has 200 valence electrons. The molecule has 1 saturated carbocycles. The second-order valence-corrected chi connectivity index (χ2v) is 13.9. The molecule has 5 rings (SSSR count). The zero-order valence-electron chi connectivity index (χ0n) is 22.0. The number of carbonyl (C=O) groups is 1. The minimum atomic E-state index is -3.57. The molecule has 2 N–H and O–H groups in total. The van der Waals surface area contributed by atoms with Crippen molar-refractivity contribution >= 4 is 27.2 Å². The van der Waals surface area contributed by atoms with E-state index in [4.69, 9.17) is 4.74 Å². The van der Waals surface area contributed by atoms with Crippen molar-refractivity contribution in [2.75, 3.05) is 42.3 Å². The van der Waals surface area contributed by atoms with Gasteiger partial charge in [-0.05, 0) is 70.1 Å². The highest BCUT2D eigenvalue weighted by molar-refractivity contribution is 7.91. The van der Waals surface area contributed by atoms with E-state index in [-0.39, 0.29) is 33.6 Å². The van der Waals surface area contributed by atoms with Gasteiger partial charge >= 0.3 is 0 Å². The molecule has 2 saturated heterocycles. The fraction of sp³-hybridized carbons (Fsp3) is 0.593. The van der Waals surface area contributed by atoms with E-state index < -0.39 is 15.4 Å². The first-order valence-electron chi connectivity index (χ1n) is 12.9. The van der Waals surface area contributed by atoms with Gasteiger partial charge in [0.15, 0.2) is 15.7 Å². The van der Waals surface area contributed by atoms with Crippen molar-refractivity contribution in [3.63, 3.8) is 0 Å². The Morgan fingerprint density at radius 1 is 1.14 bits per heavy atom. The SMILES string of the molecule is Cc1cc(NC(=O)c2ccc(S(=O)(=O)CC3(C)COC3)cc2N2CCC3(CC2)CC3)nc(C(C)(C)O)n1. The number of nitrogens with one attached hydrogen (secondary N) is 1. The summed E-state index contributed by atoms with van der Waals surface area (Å²) >= 11 is 0. The summed E-state index contributed by atoms with van der Waals surface area (Å²) in [6.45, 7) is 9.29. The number of sulfone groups is 1. The smallest absolute Gasteiger partial charge is 0.258 e. The monoisotopic (exact) mass is 528 g/mol. The summed E-state index contributed by atoms with van der Waals surface area (Å²) in [5, 5.41) is 13.2. The molecule has 10 heteroatoms. The molecule has 3 fully saturated rings. The molecule has 1 aromatic carbocycles. The zero-order chi connectivity index (χ0) is 26.6. The normalized spacial score (nSPS) is 20.4. The number of carbonyl (C=O) groups excluding carboxylic acids is 1. The lowest BCUT2D eigenvalue weighted by Crippen LogP contribution is -2.45. The molecule has 0 atom stereocenters. The van der Waals surface area contributed by atoms with Crippen LogP contribution in [0.5, 0.6) is 0 Å². The number of hydrogen-bond donors (Lipinski definition) is 2. The highest BCUT2D eigenvalue weighted by Gasteiger charge is 2.45. The first-order chi connectivity index (χ1) is 17.3. The number of aryl methyl sites for hydroxylation is 1. The summed E-state index contributed by atoms with van der Waals surface area (Å²) < 4.78 is 31.9. The van der Waals surface area contributed by atoms with Crippen molar-refractivity contribution in [1.29, 1.82) is 0 Å². The van der Waals surface area contributed by atoms with E-state index in [9.17, 15) is 18.3 Å². The van der Waals surface area contributed by atoms with Crippen LogP contribution >= 0.6 is 0 Å². The Hall–Kier alpha value is -2.56. The van der Waals surface area contributed by atoms with Crippen LogP contribution in [0.15, 0.2) is 29.2 Å². The molecule has 9 nitrogen and oxygen atoms in total. The Kier molecular flexibility index (Phi) is 6.36. The van der Waals surface area contributed by atoms with Crippen LogP contribution < -0.4 is 10.2 Å². The third-order valence-corrected chi connectivity index (χ3v) is 9.83. The van der Waals surface area contributed by atoms with Crippen LogP contribution in [-0.4, -0.2) is 61.5 Å². The van der Waals surface area contributed by atoms with Crippen molar-refractivity contribution < 1.29 is 23.1 Å². The van der Waals surface area contributed by atoms with Crippen LogP contribution in [0.1, 0.15) is 68.3 Å². The van der Waals surface area contributed by atoms with Gasteiger partial charge in [0.25, 0.3) is 5.91 Å². The fourth-order valence-electron chi connectivity index (χ4n) is 5.22. The van der Waals surface area contributed by atoms with Gasteiger partial charge in [0, 0.05) is 30.3 Å². The lowest BCUT2D eigenvalue weighted by Gasteiger charge is -2.38. The number of benzene rings is 1. The van der Waals surface area contributed by atoms with Crippen LogP contribution in [-0.2, 0) is 20.2 Å². The van der Waals surface area contributed by atoms with Gasteiger partial charge in [-0.3, -0.25) is 4.79 Å². The molecule has 1 aliphatic carbocycles. The number of piperidine rings is 1. The van der Waals surface area contributed by atoms with Gasteiger partial charge in [0.1, 0.15) is 11.4 Å². The molecule has 2 aliphatic heterocycles. The Morgan fingerprint density at radius 3 is 2.38 bits per heavy atom. The van der Waals surface area contributed by atoms with Crippen molar-refractivity contribution in [1.82, 2.24) is 9.97 Å². The van der Waals surface area contributed by atoms with Gasteiger partial charge in [-0.25, -0.2) is 18.4 Å². The lowest BCUT2D eigenvalue weighted by molar-refractivity contribution is -0.0870. The minimum Gasteiger partial charge on any atom is -0.382 e. The first kappa shape index (κ1) is 26.1. The summed E-state index contributed by atoms with van der Waals surface area (Å²) in [4.78, 5) is 24.5. The summed E-state index contributed by atoms with van der Waals surface area (Å²) in [6, 6.07) is 6.43. The van der Waals surface area contributed by atoms with Crippen LogP contribution in [0.3, 0.4) is 0 Å². The number of aliphatic hydroxyl groups is 1. The average molecular weight is 529 g/mol. The molecule has 0 unspecified atom stereocenters. The predicted molar refractivity (Wildman–Crippen MR) is 141 cm³/mol. The number of amides is 1. The third kappa shape index (κ3) is 5.51. The molecule has 0 bridgehead atoms. The summed E-state index contributed by atoms with van der Waals surface area (Å²) in [5.74, 6) is 0.118. The number of hydrogen-bond acceptors (Lipinski definition) is 8. The van der Waals surface area contributed by atoms with E-state index >= 15 is 0 Å². The Morgan fingerprint density at radius 2 is 1.81 bits per heavy atom. The molecular formula is C27H36N4O5S. The molecular weight excluding hydrogens is 492 g/mol. The van der Waals surface area contributed by atoms with E-state index in [1.807, 2.05) is 6.92 Å². The molecule has 37 heavy (non-hydrogen) atoms. The maximum absolute atomic E-state index is 13.5. The molecule has 1 spiro atoms. The molecule has 1 aromatic heterocycles. The molecule has 0 radical (unpaired) electrons. The van der Waals surface area contributed by atoms with Gasteiger partial charge in [0.05, 0.1) is 35.1 Å². The van der Waals surface area contributed by atoms with Crippen molar-refractivity contribution in [3.05, 3.63) is 41.3 Å². The summed E-state index contributed by atoms with van der Waals surface area (Å²) in [7, 11) is -3.57. The first-order valence-corrected chi connectivity index (χ1v) is 14.5. The Bertz CT molecular complexity index is 1320. The maximum atomic E-state index is 13.5. The third-order valence-electron chi connectivity index (χ3n) is 7.78. The number of ether oxygens (including phenoxy) is 1. The second-order valence-electron chi connectivity index (χ2n) is 12.0. The van der Waals surface area contributed by atoms with Gasteiger partial charge in [-0.15, -0.1) is 0 Å². The van der Waals surface area contributed by atoms with E-state index in [1.54, 1.807) is 39.0 Å². The lowest BCUT2D eigenvalue weighted by atomic mass is 9.92. The Balaban J connectivity index is 1.46. The number of aromatic nitrogens is 2. The standard InChI is InChI=1S/C27H36N4O5S/c1-18-13-22(30-24(28-18)25(2,3)33)29-23(32)20-6-5-19(37(34,35)17-26(4)15-36-16-26)14-21(20)31-11-9-27(7-8-27)10-12-31/h5-6,13-14,33H,7-12,15-17H2,1-4H3,(H,28,29,30,32). The topological polar surface area (TPSA) is 122 Å². The number of rotatable bonds is 7. The van der Waals surface area contributed by atoms with Crippen LogP contribution in [0.25, 0.3) is 0 Å². The maximum Gasteiger partial charge on any atom is 0.258 e. The largest absolute Gasteiger partial charge is 0.382 e. The zero-order valence-corrected chi connectivity index (χ0v) is 22.8. The van der Waals surface area contributed by atoms with E-state index in [0.717, 1.165) is 25.9 Å². The summed E-state index contributed by atoms with van der Waals surface area (Å²) in [5.41, 5.74) is 0.418. The van der Waals surface area contributed by atoms with Crippen LogP contribution in [0, 0.1) is 17.8 Å². The quantitative estimate of drug-likeness (QED) is 0.560. The minimum absolute atomic E-state index is 0.00796. The van der Waals surface area contributed by atoms with Gasteiger partial charge in [0.2, 0.25) is 0 Å². The van der Waals surface area contributed by atoms with E-state index in [1.165, 1.54) is 18.9 Å². The van der Waals surface area contributed by atoms with Crippen molar-refractivity contribution in [3.8, 4) is 0 Å². The van der Waals surface area contributed by atoms with Crippen molar-refractivity contribution in [2.45, 2.75) is 63.9 Å². The fourth-order valence-corrected chi connectivity index (χ4v) is 7.04. The highest BCUT2D eigenvalue weighted by atomic mass is 32.2. The van der Waals surface area contributed by atoms with Crippen LogP contribution in [0.4, 0.5) is 11.5 Å². The Labute approximate surface area is 218 Å². The van der Waals surface area contributed by atoms with Crippen molar-refractivity contribution in [2.24, 2.45) is 10.8 Å².